The Morgan fingerprint density at radius 1 is 1.59 bits per heavy atom. The summed E-state index contributed by atoms with van der Waals surface area (Å²) in [5.74, 6) is 0.110. The number of rotatable bonds is 4. The van der Waals surface area contributed by atoms with Gasteiger partial charge in [0.25, 0.3) is 0 Å². The first kappa shape index (κ1) is 12.5. The number of nitrogens with one attached hydrogen (secondary N) is 2. The van der Waals surface area contributed by atoms with Crippen molar-refractivity contribution in [3.8, 4) is 0 Å². The van der Waals surface area contributed by atoms with Gasteiger partial charge in [-0.1, -0.05) is 0 Å². The van der Waals surface area contributed by atoms with Gasteiger partial charge in [0, 0.05) is 38.6 Å². The van der Waals surface area contributed by atoms with Gasteiger partial charge in [-0.3, -0.25) is 9.69 Å². The summed E-state index contributed by atoms with van der Waals surface area (Å²) >= 11 is 1.56. The van der Waals surface area contributed by atoms with Crippen molar-refractivity contribution in [2.24, 2.45) is 0 Å². The van der Waals surface area contributed by atoms with Crippen molar-refractivity contribution in [3.05, 3.63) is 17.5 Å². The molecule has 1 aliphatic rings. The van der Waals surface area contributed by atoms with E-state index in [0.29, 0.717) is 12.5 Å². The van der Waals surface area contributed by atoms with Crippen LogP contribution in [0.1, 0.15) is 13.3 Å². The average molecular weight is 253 g/mol. The smallest absolute Gasteiger partial charge is 0.226 e. The summed E-state index contributed by atoms with van der Waals surface area (Å²) in [5.41, 5.74) is 0. The van der Waals surface area contributed by atoms with Crippen LogP contribution >= 0.6 is 11.3 Å². The number of carbonyl (C=O) groups excluding carboxylic acids is 1. The SMILES string of the molecule is CC(CC(=O)Nc1cccs1)N1CCNCC1. The number of thiophene rings is 1. The fourth-order valence-electron chi connectivity index (χ4n) is 2.06. The van der Waals surface area contributed by atoms with Crippen molar-refractivity contribution >= 4 is 22.2 Å². The first-order chi connectivity index (χ1) is 8.25. The second kappa shape index (κ2) is 6.14. The van der Waals surface area contributed by atoms with E-state index in [4.69, 9.17) is 0 Å². The largest absolute Gasteiger partial charge is 0.318 e. The van der Waals surface area contributed by atoms with Crippen LogP contribution in [0.25, 0.3) is 0 Å². The summed E-state index contributed by atoms with van der Waals surface area (Å²) in [5, 5.41) is 9.15. The Labute approximate surface area is 106 Å². The lowest BCUT2D eigenvalue weighted by molar-refractivity contribution is -0.117. The lowest BCUT2D eigenvalue weighted by Crippen LogP contribution is -2.48. The highest BCUT2D eigenvalue weighted by atomic mass is 32.1. The topological polar surface area (TPSA) is 44.4 Å². The van der Waals surface area contributed by atoms with Crippen molar-refractivity contribution < 1.29 is 4.79 Å². The molecule has 1 saturated heterocycles. The summed E-state index contributed by atoms with van der Waals surface area (Å²) < 4.78 is 0. The van der Waals surface area contributed by atoms with Crippen molar-refractivity contribution in [2.75, 3.05) is 31.5 Å². The third kappa shape index (κ3) is 3.80. The third-order valence-electron chi connectivity index (χ3n) is 3.04. The minimum Gasteiger partial charge on any atom is -0.318 e. The van der Waals surface area contributed by atoms with Gasteiger partial charge < -0.3 is 10.6 Å². The Morgan fingerprint density at radius 2 is 2.35 bits per heavy atom. The lowest BCUT2D eigenvalue weighted by atomic mass is 10.1. The Morgan fingerprint density at radius 3 is 3.00 bits per heavy atom. The monoisotopic (exact) mass is 253 g/mol. The van der Waals surface area contributed by atoms with E-state index in [9.17, 15) is 4.79 Å². The van der Waals surface area contributed by atoms with Crippen LogP contribution in [0.5, 0.6) is 0 Å². The van der Waals surface area contributed by atoms with Crippen LogP contribution in [0, 0.1) is 0 Å². The normalized spacial score (nSPS) is 18.9. The fourth-order valence-corrected chi connectivity index (χ4v) is 2.69. The first-order valence-electron chi connectivity index (χ1n) is 6.04. The molecule has 2 rings (SSSR count). The van der Waals surface area contributed by atoms with Crippen LogP contribution in [0.2, 0.25) is 0 Å². The predicted molar refractivity (Wildman–Crippen MR) is 71.5 cm³/mol. The van der Waals surface area contributed by atoms with Gasteiger partial charge in [0.1, 0.15) is 0 Å². The van der Waals surface area contributed by atoms with E-state index in [0.717, 1.165) is 31.2 Å². The molecule has 1 aliphatic heterocycles. The highest BCUT2D eigenvalue weighted by molar-refractivity contribution is 7.14. The van der Waals surface area contributed by atoms with Crippen LogP contribution in [-0.4, -0.2) is 43.0 Å². The number of carbonyl (C=O) groups is 1. The summed E-state index contributed by atoms with van der Waals surface area (Å²) in [6, 6.07) is 4.19. The Balaban J connectivity index is 1.77. The fraction of sp³-hybridized carbons (Fsp3) is 0.583. The van der Waals surface area contributed by atoms with E-state index in [1.807, 2.05) is 17.5 Å². The van der Waals surface area contributed by atoms with Crippen molar-refractivity contribution in [2.45, 2.75) is 19.4 Å². The third-order valence-corrected chi connectivity index (χ3v) is 3.82. The Kier molecular flexibility index (Phi) is 4.53. The number of nitrogens with zero attached hydrogens (tertiary/aromatic N) is 1. The molecule has 94 valence electrons. The van der Waals surface area contributed by atoms with E-state index < -0.39 is 0 Å². The molecule has 17 heavy (non-hydrogen) atoms. The molecule has 0 aliphatic carbocycles. The molecule has 2 N–H and O–H groups in total. The zero-order valence-electron chi connectivity index (χ0n) is 10.1. The molecule has 0 aromatic carbocycles. The second-order valence-corrected chi connectivity index (χ2v) is 5.31. The second-order valence-electron chi connectivity index (χ2n) is 4.36. The first-order valence-corrected chi connectivity index (χ1v) is 6.92. The van der Waals surface area contributed by atoms with Gasteiger partial charge >= 0.3 is 0 Å². The molecule has 1 fully saturated rings. The van der Waals surface area contributed by atoms with Crippen LogP contribution in [0.15, 0.2) is 17.5 Å². The van der Waals surface area contributed by atoms with E-state index >= 15 is 0 Å². The zero-order valence-corrected chi connectivity index (χ0v) is 10.9. The highest BCUT2D eigenvalue weighted by Gasteiger charge is 2.18. The molecule has 5 heteroatoms. The lowest BCUT2D eigenvalue weighted by Gasteiger charge is -2.32. The molecule has 0 bridgehead atoms. The standard InChI is InChI=1S/C12H19N3OS/c1-10(15-6-4-13-5-7-15)9-11(16)14-12-3-2-8-17-12/h2-3,8,10,13H,4-7,9H2,1H3,(H,14,16). The molecule has 1 atom stereocenters. The Bertz CT molecular complexity index is 347. The molecule has 0 spiro atoms. The summed E-state index contributed by atoms with van der Waals surface area (Å²) in [7, 11) is 0. The average Bonchev–Trinajstić information content (AvgIpc) is 2.82. The maximum atomic E-state index is 11.8. The summed E-state index contributed by atoms with van der Waals surface area (Å²) in [6.45, 7) is 6.24. The van der Waals surface area contributed by atoms with Gasteiger partial charge in [-0.15, -0.1) is 11.3 Å². The summed E-state index contributed by atoms with van der Waals surface area (Å²) in [6.07, 6.45) is 0.567. The maximum absolute atomic E-state index is 11.8. The van der Waals surface area contributed by atoms with Gasteiger partial charge in [-0.2, -0.15) is 0 Å². The van der Waals surface area contributed by atoms with E-state index in [1.165, 1.54) is 0 Å². The Hall–Kier alpha value is -0.910. The van der Waals surface area contributed by atoms with Gasteiger partial charge in [0.05, 0.1) is 5.00 Å². The summed E-state index contributed by atoms with van der Waals surface area (Å²) in [4.78, 5) is 14.2. The van der Waals surface area contributed by atoms with Gasteiger partial charge in [-0.05, 0) is 24.4 Å². The van der Waals surface area contributed by atoms with E-state index in [2.05, 4.69) is 22.5 Å². The van der Waals surface area contributed by atoms with Crippen LogP contribution in [0.3, 0.4) is 0 Å². The molecule has 4 nitrogen and oxygen atoms in total. The van der Waals surface area contributed by atoms with Crippen LogP contribution in [0.4, 0.5) is 5.00 Å². The van der Waals surface area contributed by atoms with Gasteiger partial charge in [-0.25, -0.2) is 0 Å². The quantitative estimate of drug-likeness (QED) is 0.852. The number of hydrogen-bond donors (Lipinski definition) is 2. The van der Waals surface area contributed by atoms with E-state index in [1.54, 1.807) is 11.3 Å². The molecule has 1 aromatic rings. The van der Waals surface area contributed by atoms with Crippen molar-refractivity contribution in [1.82, 2.24) is 10.2 Å². The number of piperazine rings is 1. The molecule has 2 heterocycles. The molecule has 0 saturated carbocycles. The molecule has 1 unspecified atom stereocenters. The van der Waals surface area contributed by atoms with Crippen molar-refractivity contribution in [1.29, 1.82) is 0 Å². The molecular weight excluding hydrogens is 234 g/mol. The molecular formula is C12H19N3OS. The van der Waals surface area contributed by atoms with Gasteiger partial charge in [0.15, 0.2) is 0 Å². The molecule has 1 amide bonds. The number of anilines is 1. The number of amides is 1. The predicted octanol–water partition coefficient (Wildman–Crippen LogP) is 1.37. The molecule has 0 radical (unpaired) electrons. The maximum Gasteiger partial charge on any atom is 0.226 e. The van der Waals surface area contributed by atoms with Crippen LogP contribution in [-0.2, 0) is 4.79 Å². The minimum absolute atomic E-state index is 0.110. The highest BCUT2D eigenvalue weighted by Crippen LogP contribution is 2.16. The van der Waals surface area contributed by atoms with Gasteiger partial charge in [0.2, 0.25) is 5.91 Å². The van der Waals surface area contributed by atoms with Crippen LogP contribution < -0.4 is 10.6 Å². The zero-order chi connectivity index (χ0) is 12.1. The van der Waals surface area contributed by atoms with E-state index in [-0.39, 0.29) is 5.91 Å². The molecule has 1 aromatic heterocycles. The van der Waals surface area contributed by atoms with Crippen molar-refractivity contribution in [3.63, 3.8) is 0 Å². The minimum atomic E-state index is 0.110. The number of hydrogen-bond acceptors (Lipinski definition) is 4.